The molecule has 0 radical (unpaired) electrons. The summed E-state index contributed by atoms with van der Waals surface area (Å²) in [4.78, 5) is 23.2. The highest BCUT2D eigenvalue weighted by Gasteiger charge is 2.24. The maximum Gasteiger partial charge on any atom is 0.241 e. The van der Waals surface area contributed by atoms with Gasteiger partial charge in [0, 0.05) is 49.9 Å². The molecule has 0 unspecified atom stereocenters. The molecule has 0 bridgehead atoms. The molecule has 2 saturated heterocycles. The van der Waals surface area contributed by atoms with Crippen LogP contribution in [0.3, 0.4) is 0 Å². The SMILES string of the molecule is O=C(CN1CCN(Cc2nc(-c3cccc(Cl)c3)no2)CC1)N1CCOCC1. The number of amides is 1. The molecule has 2 aromatic rings. The zero-order valence-corrected chi connectivity index (χ0v) is 16.5. The van der Waals surface area contributed by atoms with Crippen LogP contribution in [0.15, 0.2) is 28.8 Å². The van der Waals surface area contributed by atoms with Gasteiger partial charge in [-0.15, -0.1) is 0 Å². The van der Waals surface area contributed by atoms with Crippen LogP contribution in [0.2, 0.25) is 5.02 Å². The fourth-order valence-electron chi connectivity index (χ4n) is 3.46. The minimum Gasteiger partial charge on any atom is -0.378 e. The van der Waals surface area contributed by atoms with Crippen LogP contribution in [0.25, 0.3) is 11.4 Å². The van der Waals surface area contributed by atoms with Gasteiger partial charge in [-0.2, -0.15) is 4.98 Å². The van der Waals surface area contributed by atoms with E-state index in [9.17, 15) is 4.79 Å². The summed E-state index contributed by atoms with van der Waals surface area (Å²) in [5.41, 5.74) is 0.842. The molecule has 0 N–H and O–H groups in total. The Hall–Kier alpha value is -2.00. The molecule has 28 heavy (non-hydrogen) atoms. The molecule has 150 valence electrons. The largest absolute Gasteiger partial charge is 0.378 e. The number of halogens is 1. The summed E-state index contributed by atoms with van der Waals surface area (Å²) in [6, 6.07) is 7.41. The Morgan fingerprint density at radius 1 is 1.07 bits per heavy atom. The van der Waals surface area contributed by atoms with Gasteiger partial charge in [0.2, 0.25) is 17.6 Å². The Labute approximate surface area is 169 Å². The van der Waals surface area contributed by atoms with Gasteiger partial charge in [-0.1, -0.05) is 28.9 Å². The lowest BCUT2D eigenvalue weighted by molar-refractivity contribution is -0.136. The normalized spacial score (nSPS) is 19.1. The molecule has 0 atom stereocenters. The van der Waals surface area contributed by atoms with Gasteiger partial charge in [-0.05, 0) is 12.1 Å². The number of benzene rings is 1. The number of ether oxygens (including phenoxy) is 1. The second kappa shape index (κ2) is 9.00. The monoisotopic (exact) mass is 405 g/mol. The summed E-state index contributed by atoms with van der Waals surface area (Å²) >= 11 is 6.02. The predicted octanol–water partition coefficient (Wildman–Crippen LogP) is 1.37. The van der Waals surface area contributed by atoms with E-state index >= 15 is 0 Å². The van der Waals surface area contributed by atoms with E-state index in [1.165, 1.54) is 0 Å². The maximum atomic E-state index is 12.4. The van der Waals surface area contributed by atoms with Gasteiger partial charge in [0.1, 0.15) is 0 Å². The Bertz CT molecular complexity index is 800. The van der Waals surface area contributed by atoms with E-state index in [1.54, 1.807) is 0 Å². The minimum atomic E-state index is 0.194. The number of hydrogen-bond acceptors (Lipinski definition) is 7. The topological polar surface area (TPSA) is 74.9 Å². The first-order chi connectivity index (χ1) is 13.7. The summed E-state index contributed by atoms with van der Waals surface area (Å²) < 4.78 is 10.7. The van der Waals surface area contributed by atoms with Gasteiger partial charge >= 0.3 is 0 Å². The highest BCUT2D eigenvalue weighted by molar-refractivity contribution is 6.30. The summed E-state index contributed by atoms with van der Waals surface area (Å²) in [6.07, 6.45) is 0. The molecule has 8 nitrogen and oxygen atoms in total. The van der Waals surface area contributed by atoms with E-state index in [-0.39, 0.29) is 5.91 Å². The second-order valence-electron chi connectivity index (χ2n) is 7.07. The van der Waals surface area contributed by atoms with Crippen LogP contribution in [-0.4, -0.2) is 89.8 Å². The number of morpholine rings is 1. The smallest absolute Gasteiger partial charge is 0.241 e. The first kappa shape index (κ1) is 19.3. The van der Waals surface area contributed by atoms with Crippen molar-refractivity contribution in [2.75, 3.05) is 59.0 Å². The molecule has 2 aliphatic rings. The molecule has 0 aliphatic carbocycles. The highest BCUT2D eigenvalue weighted by atomic mass is 35.5. The number of carbonyl (C=O) groups excluding carboxylic acids is 1. The Kier molecular flexibility index (Phi) is 6.21. The summed E-state index contributed by atoms with van der Waals surface area (Å²) in [6.45, 7) is 7.21. The first-order valence-corrected chi connectivity index (χ1v) is 9.94. The Morgan fingerprint density at radius 2 is 1.82 bits per heavy atom. The summed E-state index contributed by atoms with van der Waals surface area (Å²) in [7, 11) is 0. The van der Waals surface area contributed by atoms with E-state index in [2.05, 4.69) is 19.9 Å². The van der Waals surface area contributed by atoms with Crippen LogP contribution in [0.1, 0.15) is 5.89 Å². The van der Waals surface area contributed by atoms with E-state index in [0.717, 1.165) is 31.7 Å². The van der Waals surface area contributed by atoms with Crippen LogP contribution < -0.4 is 0 Å². The zero-order chi connectivity index (χ0) is 19.3. The van der Waals surface area contributed by atoms with Gasteiger partial charge in [0.15, 0.2) is 0 Å². The van der Waals surface area contributed by atoms with E-state index < -0.39 is 0 Å². The molecule has 3 heterocycles. The van der Waals surface area contributed by atoms with Crippen molar-refractivity contribution in [3.05, 3.63) is 35.2 Å². The molecule has 9 heteroatoms. The average Bonchev–Trinajstić information content (AvgIpc) is 3.19. The van der Waals surface area contributed by atoms with Gasteiger partial charge in [0.25, 0.3) is 0 Å². The first-order valence-electron chi connectivity index (χ1n) is 9.56. The minimum absolute atomic E-state index is 0.194. The van der Waals surface area contributed by atoms with Crippen LogP contribution >= 0.6 is 11.6 Å². The van der Waals surface area contributed by atoms with Crippen molar-refractivity contribution in [2.45, 2.75) is 6.54 Å². The standard InChI is InChI=1S/C19H24ClN5O3/c20-16-3-1-2-15(12-16)19-21-17(28-22-19)13-23-4-6-24(7-5-23)14-18(26)25-8-10-27-11-9-25/h1-3,12H,4-11,13-14H2. The number of aromatic nitrogens is 2. The van der Waals surface area contributed by atoms with Crippen molar-refractivity contribution in [1.82, 2.24) is 24.8 Å². The average molecular weight is 406 g/mol. The van der Waals surface area contributed by atoms with Crippen LogP contribution in [0, 0.1) is 0 Å². The van der Waals surface area contributed by atoms with Crippen molar-refractivity contribution < 1.29 is 14.1 Å². The molecule has 2 fully saturated rings. The third kappa shape index (κ3) is 4.88. The molecule has 0 saturated carbocycles. The van der Waals surface area contributed by atoms with Gasteiger partial charge < -0.3 is 14.2 Å². The number of hydrogen-bond donors (Lipinski definition) is 0. The molecule has 1 aromatic carbocycles. The summed E-state index contributed by atoms with van der Waals surface area (Å²) in [5, 5.41) is 4.70. The van der Waals surface area contributed by atoms with E-state index in [1.807, 2.05) is 29.2 Å². The van der Waals surface area contributed by atoms with E-state index in [0.29, 0.717) is 56.1 Å². The Balaban J connectivity index is 1.25. The Morgan fingerprint density at radius 3 is 2.57 bits per heavy atom. The van der Waals surface area contributed by atoms with Crippen molar-refractivity contribution in [3.8, 4) is 11.4 Å². The molecular weight excluding hydrogens is 382 g/mol. The molecule has 4 rings (SSSR count). The maximum absolute atomic E-state index is 12.4. The van der Waals surface area contributed by atoms with E-state index in [4.69, 9.17) is 20.9 Å². The number of carbonyl (C=O) groups is 1. The number of rotatable bonds is 5. The molecule has 0 spiro atoms. The third-order valence-corrected chi connectivity index (χ3v) is 5.33. The van der Waals surface area contributed by atoms with Gasteiger partial charge in [0.05, 0.1) is 26.3 Å². The third-order valence-electron chi connectivity index (χ3n) is 5.10. The molecular formula is C19H24ClN5O3. The van der Waals surface area contributed by atoms with Crippen molar-refractivity contribution in [1.29, 1.82) is 0 Å². The van der Waals surface area contributed by atoms with Crippen LogP contribution in [-0.2, 0) is 16.1 Å². The summed E-state index contributed by atoms with van der Waals surface area (Å²) in [5.74, 6) is 1.33. The molecule has 2 aliphatic heterocycles. The zero-order valence-electron chi connectivity index (χ0n) is 15.7. The lowest BCUT2D eigenvalue weighted by Gasteiger charge is -2.35. The predicted molar refractivity (Wildman–Crippen MR) is 104 cm³/mol. The number of piperazine rings is 1. The van der Waals surface area contributed by atoms with Crippen LogP contribution in [0.5, 0.6) is 0 Å². The quantitative estimate of drug-likeness (QED) is 0.743. The lowest BCUT2D eigenvalue weighted by Crippen LogP contribution is -2.51. The molecule has 1 aromatic heterocycles. The fraction of sp³-hybridized carbons (Fsp3) is 0.526. The highest BCUT2D eigenvalue weighted by Crippen LogP contribution is 2.20. The van der Waals surface area contributed by atoms with Crippen molar-refractivity contribution in [3.63, 3.8) is 0 Å². The molecule has 1 amide bonds. The fourth-order valence-corrected chi connectivity index (χ4v) is 3.66. The number of nitrogens with zero attached hydrogens (tertiary/aromatic N) is 5. The van der Waals surface area contributed by atoms with Gasteiger partial charge in [-0.25, -0.2) is 0 Å². The van der Waals surface area contributed by atoms with Crippen molar-refractivity contribution >= 4 is 17.5 Å². The van der Waals surface area contributed by atoms with Crippen molar-refractivity contribution in [2.24, 2.45) is 0 Å². The van der Waals surface area contributed by atoms with Gasteiger partial charge in [-0.3, -0.25) is 14.6 Å². The second-order valence-corrected chi connectivity index (χ2v) is 7.50. The lowest BCUT2D eigenvalue weighted by atomic mass is 10.2. The van der Waals surface area contributed by atoms with Crippen LogP contribution in [0.4, 0.5) is 0 Å².